The van der Waals surface area contributed by atoms with Crippen molar-refractivity contribution in [2.24, 2.45) is 5.92 Å². The van der Waals surface area contributed by atoms with Crippen LogP contribution < -0.4 is 0 Å². The number of hydrogen-bond donors (Lipinski definition) is 1. The highest BCUT2D eigenvalue weighted by molar-refractivity contribution is 5.89. The van der Waals surface area contributed by atoms with E-state index in [-0.39, 0.29) is 11.7 Å². The SMILES string of the molecule is CC(C)Cc1cc(C(=O)O)c(C(F)F)o1. The van der Waals surface area contributed by atoms with E-state index in [0.717, 1.165) is 0 Å². The van der Waals surface area contributed by atoms with Gasteiger partial charge in [0, 0.05) is 6.42 Å². The van der Waals surface area contributed by atoms with Gasteiger partial charge in [0.05, 0.1) is 0 Å². The highest BCUT2D eigenvalue weighted by Gasteiger charge is 2.24. The van der Waals surface area contributed by atoms with Crippen molar-refractivity contribution in [2.45, 2.75) is 26.7 Å². The lowest BCUT2D eigenvalue weighted by molar-refractivity contribution is 0.0673. The van der Waals surface area contributed by atoms with Gasteiger partial charge in [-0.1, -0.05) is 13.8 Å². The van der Waals surface area contributed by atoms with Crippen molar-refractivity contribution in [1.82, 2.24) is 0 Å². The summed E-state index contributed by atoms with van der Waals surface area (Å²) in [5.41, 5.74) is -0.444. The number of carboxylic acid groups (broad SMARTS) is 1. The predicted octanol–water partition coefficient (Wildman–Crippen LogP) is 3.11. The van der Waals surface area contributed by atoms with Crippen molar-refractivity contribution in [3.8, 4) is 0 Å². The van der Waals surface area contributed by atoms with Crippen LogP contribution in [0.5, 0.6) is 0 Å². The molecule has 0 saturated carbocycles. The average molecular weight is 218 g/mol. The second-order valence-corrected chi connectivity index (χ2v) is 3.69. The molecule has 0 saturated heterocycles. The molecular formula is C10H12F2O3. The summed E-state index contributed by atoms with van der Waals surface area (Å²) in [4.78, 5) is 10.6. The Labute approximate surface area is 85.7 Å². The molecule has 0 unspecified atom stereocenters. The third kappa shape index (κ3) is 2.78. The number of hydrogen-bond acceptors (Lipinski definition) is 2. The molecule has 0 aliphatic heterocycles. The first-order chi connectivity index (χ1) is 6.91. The molecule has 0 amide bonds. The Balaban J connectivity index is 3.04. The van der Waals surface area contributed by atoms with E-state index in [1.165, 1.54) is 6.07 Å². The number of carboxylic acids is 1. The van der Waals surface area contributed by atoms with Crippen LogP contribution >= 0.6 is 0 Å². The minimum atomic E-state index is -2.89. The smallest absolute Gasteiger partial charge is 0.339 e. The van der Waals surface area contributed by atoms with Gasteiger partial charge < -0.3 is 9.52 Å². The number of halogens is 2. The third-order valence-corrected chi connectivity index (χ3v) is 1.85. The van der Waals surface area contributed by atoms with Crippen molar-refractivity contribution in [3.63, 3.8) is 0 Å². The molecule has 0 radical (unpaired) electrons. The summed E-state index contributed by atoms with van der Waals surface area (Å²) in [7, 11) is 0. The predicted molar refractivity (Wildman–Crippen MR) is 49.2 cm³/mol. The minimum absolute atomic E-state index is 0.225. The van der Waals surface area contributed by atoms with Crippen LogP contribution in [0.4, 0.5) is 8.78 Å². The number of rotatable bonds is 4. The first-order valence-corrected chi connectivity index (χ1v) is 4.55. The maximum atomic E-state index is 12.4. The van der Waals surface area contributed by atoms with Crippen LogP contribution in [0.25, 0.3) is 0 Å². The van der Waals surface area contributed by atoms with E-state index in [2.05, 4.69) is 0 Å². The molecule has 0 aliphatic rings. The Morgan fingerprint density at radius 2 is 2.13 bits per heavy atom. The average Bonchev–Trinajstić information content (AvgIpc) is 2.46. The maximum Gasteiger partial charge on any atom is 0.339 e. The fourth-order valence-electron chi connectivity index (χ4n) is 1.29. The molecular weight excluding hydrogens is 206 g/mol. The molecule has 1 rings (SSSR count). The molecule has 15 heavy (non-hydrogen) atoms. The maximum absolute atomic E-state index is 12.4. The Bertz CT molecular complexity index is 356. The number of aromatic carboxylic acids is 1. The van der Waals surface area contributed by atoms with E-state index >= 15 is 0 Å². The van der Waals surface area contributed by atoms with Gasteiger partial charge in [0.2, 0.25) is 0 Å². The summed E-state index contributed by atoms with van der Waals surface area (Å²) in [6, 6.07) is 1.17. The zero-order valence-electron chi connectivity index (χ0n) is 8.46. The van der Waals surface area contributed by atoms with Crippen LogP contribution in [0, 0.1) is 5.92 Å². The molecule has 1 heterocycles. The van der Waals surface area contributed by atoms with Crippen LogP contribution in [0.1, 0.15) is 42.2 Å². The molecule has 0 fully saturated rings. The summed E-state index contributed by atoms with van der Waals surface area (Å²) < 4.78 is 29.6. The second kappa shape index (κ2) is 4.42. The third-order valence-electron chi connectivity index (χ3n) is 1.85. The van der Waals surface area contributed by atoms with Gasteiger partial charge in [0.1, 0.15) is 11.3 Å². The van der Waals surface area contributed by atoms with Crippen molar-refractivity contribution < 1.29 is 23.1 Å². The van der Waals surface area contributed by atoms with E-state index in [1.807, 2.05) is 13.8 Å². The molecule has 5 heteroatoms. The molecule has 84 valence electrons. The topological polar surface area (TPSA) is 50.4 Å². The van der Waals surface area contributed by atoms with Gasteiger partial charge in [-0.3, -0.25) is 0 Å². The van der Waals surface area contributed by atoms with Gasteiger partial charge in [0.15, 0.2) is 5.76 Å². The Kier molecular flexibility index (Phi) is 3.44. The lowest BCUT2D eigenvalue weighted by Crippen LogP contribution is -1.98. The molecule has 0 spiro atoms. The number of furan rings is 1. The molecule has 1 N–H and O–H groups in total. The van der Waals surface area contributed by atoms with Crippen LogP contribution in [-0.2, 0) is 6.42 Å². The summed E-state index contributed by atoms with van der Waals surface area (Å²) >= 11 is 0. The molecule has 0 aliphatic carbocycles. The second-order valence-electron chi connectivity index (χ2n) is 3.69. The summed E-state index contributed by atoms with van der Waals surface area (Å²) in [5, 5.41) is 8.67. The minimum Gasteiger partial charge on any atom is -0.478 e. The fraction of sp³-hybridized carbons (Fsp3) is 0.500. The summed E-state index contributed by atoms with van der Waals surface area (Å²) in [6.07, 6.45) is -2.44. The highest BCUT2D eigenvalue weighted by Crippen LogP contribution is 2.27. The molecule has 0 aromatic carbocycles. The van der Waals surface area contributed by atoms with Gasteiger partial charge in [-0.05, 0) is 12.0 Å². The van der Waals surface area contributed by atoms with Gasteiger partial charge in [0.25, 0.3) is 6.43 Å². The van der Waals surface area contributed by atoms with E-state index in [4.69, 9.17) is 9.52 Å². The molecule has 0 atom stereocenters. The fourth-order valence-corrected chi connectivity index (χ4v) is 1.29. The first kappa shape index (κ1) is 11.7. The van der Waals surface area contributed by atoms with E-state index in [0.29, 0.717) is 6.42 Å². The van der Waals surface area contributed by atoms with Gasteiger partial charge in [-0.25, -0.2) is 13.6 Å². The van der Waals surface area contributed by atoms with E-state index in [9.17, 15) is 13.6 Å². The normalized spacial score (nSPS) is 11.3. The van der Waals surface area contributed by atoms with Gasteiger partial charge >= 0.3 is 5.97 Å². The van der Waals surface area contributed by atoms with E-state index < -0.39 is 23.7 Å². The Morgan fingerprint density at radius 3 is 2.47 bits per heavy atom. The van der Waals surface area contributed by atoms with Gasteiger partial charge in [-0.15, -0.1) is 0 Å². The van der Waals surface area contributed by atoms with Crippen molar-refractivity contribution >= 4 is 5.97 Å². The Hall–Kier alpha value is -1.39. The summed E-state index contributed by atoms with van der Waals surface area (Å²) in [6.45, 7) is 3.79. The largest absolute Gasteiger partial charge is 0.478 e. The lowest BCUT2D eigenvalue weighted by atomic mass is 10.1. The van der Waals surface area contributed by atoms with Crippen molar-refractivity contribution in [3.05, 3.63) is 23.2 Å². The quantitative estimate of drug-likeness (QED) is 0.844. The van der Waals surface area contributed by atoms with Crippen molar-refractivity contribution in [2.75, 3.05) is 0 Å². The molecule has 0 bridgehead atoms. The van der Waals surface area contributed by atoms with Crippen LogP contribution in [-0.4, -0.2) is 11.1 Å². The first-order valence-electron chi connectivity index (χ1n) is 4.55. The highest BCUT2D eigenvalue weighted by atomic mass is 19.3. The lowest BCUT2D eigenvalue weighted by Gasteiger charge is -1.99. The van der Waals surface area contributed by atoms with Crippen LogP contribution in [0.3, 0.4) is 0 Å². The molecule has 3 nitrogen and oxygen atoms in total. The Morgan fingerprint density at radius 1 is 1.53 bits per heavy atom. The van der Waals surface area contributed by atoms with E-state index in [1.54, 1.807) is 0 Å². The number of alkyl halides is 2. The number of carbonyl (C=O) groups is 1. The zero-order valence-corrected chi connectivity index (χ0v) is 8.46. The van der Waals surface area contributed by atoms with Crippen LogP contribution in [0.2, 0.25) is 0 Å². The van der Waals surface area contributed by atoms with Gasteiger partial charge in [-0.2, -0.15) is 0 Å². The van der Waals surface area contributed by atoms with Crippen molar-refractivity contribution in [1.29, 1.82) is 0 Å². The van der Waals surface area contributed by atoms with Crippen LogP contribution in [0.15, 0.2) is 10.5 Å². The molecule has 1 aromatic heterocycles. The molecule has 1 aromatic rings. The zero-order chi connectivity index (χ0) is 11.6. The monoisotopic (exact) mass is 218 g/mol. The standard InChI is InChI=1S/C10H12F2O3/c1-5(2)3-6-4-7(10(13)14)8(15-6)9(11)12/h4-5,9H,3H2,1-2H3,(H,13,14). The summed E-state index contributed by atoms with van der Waals surface area (Å²) in [5.74, 6) is -1.62.